The summed E-state index contributed by atoms with van der Waals surface area (Å²) in [5.74, 6) is -4.71. The number of rotatable bonds is 21. The summed E-state index contributed by atoms with van der Waals surface area (Å²) in [6.07, 6.45) is -9.36. The highest BCUT2D eigenvalue weighted by Gasteiger charge is 2.46. The van der Waals surface area contributed by atoms with E-state index in [1.807, 2.05) is 4.72 Å². The number of benzene rings is 2. The van der Waals surface area contributed by atoms with Gasteiger partial charge in [-0.3, -0.25) is 42.7 Å². The van der Waals surface area contributed by atoms with E-state index in [2.05, 4.69) is 34.6 Å². The minimum Gasteiger partial charge on any atom is -0.503 e. The summed E-state index contributed by atoms with van der Waals surface area (Å²) in [6, 6.07) is 9.27. The van der Waals surface area contributed by atoms with Gasteiger partial charge in [0.2, 0.25) is 26.8 Å². The van der Waals surface area contributed by atoms with Crippen LogP contribution in [-0.2, 0) is 34.5 Å². The number of aliphatic hydroxyl groups excluding tert-OH is 4. The lowest BCUT2D eigenvalue weighted by Crippen LogP contribution is -2.45. The van der Waals surface area contributed by atoms with Crippen LogP contribution in [-0.4, -0.2) is 154 Å². The lowest BCUT2D eigenvalue weighted by Gasteiger charge is -2.17. The number of anilines is 2. The van der Waals surface area contributed by atoms with Crippen molar-refractivity contribution in [1.82, 2.24) is 53.2 Å². The Bertz CT molecular complexity index is 4380. The van der Waals surface area contributed by atoms with Crippen LogP contribution in [0.5, 0.6) is 11.5 Å². The number of nitrogens with two attached hydrogens (primary N) is 2. The first-order valence-electron chi connectivity index (χ1n) is 24.6. The quantitative estimate of drug-likeness (QED) is 0.0248. The van der Waals surface area contributed by atoms with Crippen molar-refractivity contribution in [1.29, 1.82) is 0 Å². The fourth-order valence-electron chi connectivity index (χ4n) is 9.48. The normalized spacial score (nSPS) is 21.3. The second-order valence-corrected chi connectivity index (χ2v) is 22.2. The van der Waals surface area contributed by atoms with Crippen molar-refractivity contribution < 1.29 is 71.3 Å². The van der Waals surface area contributed by atoms with E-state index in [1.165, 1.54) is 53.4 Å². The van der Waals surface area contributed by atoms with Crippen LogP contribution in [0.1, 0.15) is 58.9 Å². The molecule has 0 radical (unpaired) electrons. The van der Waals surface area contributed by atoms with E-state index >= 15 is 0 Å². The van der Waals surface area contributed by atoms with Crippen molar-refractivity contribution in [3.63, 3.8) is 0 Å². The number of hydrogen-bond donors (Lipinski definition) is 11. The van der Waals surface area contributed by atoms with Crippen LogP contribution in [0, 0.1) is 0 Å². The van der Waals surface area contributed by atoms with Crippen molar-refractivity contribution >= 4 is 71.7 Å². The Balaban J connectivity index is 0.789. The van der Waals surface area contributed by atoms with Crippen molar-refractivity contribution in [2.45, 2.75) is 74.8 Å². The fraction of sp³-hybridized carbons (Fsp3) is 0.286. The van der Waals surface area contributed by atoms with Gasteiger partial charge in [-0.05, 0) is 12.5 Å². The number of aromatic nitrogens is 8. The van der Waals surface area contributed by atoms with E-state index in [4.69, 9.17) is 20.9 Å². The maximum Gasteiger partial charge on any atom is 0.301 e. The number of hydrogen-bond acceptors (Lipinski definition) is 27. The predicted octanol–water partition coefficient (Wildman–Crippen LogP) is -3.32. The molecule has 0 aliphatic carbocycles. The van der Waals surface area contributed by atoms with Gasteiger partial charge < -0.3 is 51.6 Å². The largest absolute Gasteiger partial charge is 0.503 e. The van der Waals surface area contributed by atoms with E-state index in [0.717, 1.165) is 28.7 Å². The van der Waals surface area contributed by atoms with Crippen LogP contribution in [0.3, 0.4) is 0 Å². The Morgan fingerprint density at radius 1 is 0.639 bits per heavy atom. The summed E-state index contributed by atoms with van der Waals surface area (Å²) >= 11 is 0. The molecule has 4 aromatic carbocycles. The number of aliphatic hydroxyl groups is 4. The Morgan fingerprint density at radius 2 is 1.20 bits per heavy atom. The summed E-state index contributed by atoms with van der Waals surface area (Å²) in [4.78, 5) is 113. The number of nitrogen functional groups attached to an aromatic ring is 2. The molecule has 8 aromatic rings. The maximum absolute atomic E-state index is 14.0. The first-order valence-corrected chi connectivity index (χ1v) is 27.7. The molecule has 32 nitrogen and oxygen atoms in total. The zero-order chi connectivity index (χ0) is 59.6. The van der Waals surface area contributed by atoms with E-state index in [0.29, 0.717) is 0 Å². The summed E-state index contributed by atoms with van der Waals surface area (Å²) in [6.45, 7) is -1.24. The molecule has 8 atom stereocenters. The molecule has 432 valence electrons. The minimum absolute atomic E-state index is 0.0454. The van der Waals surface area contributed by atoms with Crippen LogP contribution in [0.4, 0.5) is 11.6 Å². The number of amides is 1. The summed E-state index contributed by atoms with van der Waals surface area (Å²) in [7, 11) is -8.97. The SMILES string of the molecule is Nc1ncnc2c1ncn2[C@@H]1O[C@H](CNS(=O)(=O)/C=C/CCC(=O)c2cc(-c3nc(N)c4ncn([C@@H]5O[C@H](CNS(=O)(=O)NC(=O)CCC(=O)c6ccccc6-c6c(O)c(=O)c6=O)[C@@H](O)[C@H]5O)c4n3)ccc2-c2c(O)c(=O)c2=O)[C@@H](O)[C@H]1O. The number of Topliss-reactive ketones (excluding diaryl/α,β-unsaturated/α-hetero) is 2. The Morgan fingerprint density at radius 3 is 1.83 bits per heavy atom. The number of sulfonamides is 1. The van der Waals surface area contributed by atoms with Crippen LogP contribution < -0.4 is 47.3 Å². The van der Waals surface area contributed by atoms with Gasteiger partial charge in [-0.1, -0.05) is 42.5 Å². The van der Waals surface area contributed by atoms with Gasteiger partial charge in [0.05, 0.1) is 23.8 Å². The van der Waals surface area contributed by atoms with Gasteiger partial charge >= 0.3 is 10.2 Å². The molecule has 1 amide bonds. The van der Waals surface area contributed by atoms with Gasteiger partial charge in [0.25, 0.3) is 10.9 Å². The van der Waals surface area contributed by atoms with Gasteiger partial charge in [0.1, 0.15) is 54.0 Å². The minimum atomic E-state index is -4.71. The molecule has 4 aromatic heterocycles. The van der Waals surface area contributed by atoms with Crippen LogP contribution in [0.2, 0.25) is 0 Å². The number of carbonyl (C=O) groups excluding carboxylic acids is 3. The second kappa shape index (κ2) is 22.1. The number of allylic oxidation sites excluding steroid dienone is 1. The number of aromatic hydroxyl groups is 2. The first-order chi connectivity index (χ1) is 39.4. The molecule has 0 bridgehead atoms. The van der Waals surface area contributed by atoms with E-state index < -0.39 is 158 Å². The van der Waals surface area contributed by atoms with E-state index in [1.54, 1.807) is 4.72 Å². The van der Waals surface area contributed by atoms with E-state index in [-0.39, 0.29) is 79.6 Å². The van der Waals surface area contributed by atoms with Crippen LogP contribution >= 0.6 is 0 Å². The molecule has 0 unspecified atom stereocenters. The topological polar surface area (TPSA) is 503 Å². The number of ether oxygens (including phenoxy) is 2. The monoisotopic (exact) mass is 1180 g/mol. The number of nitrogens with one attached hydrogen (secondary N) is 3. The van der Waals surface area contributed by atoms with Crippen molar-refractivity contribution in [2.75, 3.05) is 24.6 Å². The van der Waals surface area contributed by atoms with Crippen molar-refractivity contribution in [3.05, 3.63) is 125 Å². The van der Waals surface area contributed by atoms with Crippen molar-refractivity contribution in [2.24, 2.45) is 0 Å². The zero-order valence-electron chi connectivity index (χ0n) is 42.3. The summed E-state index contributed by atoms with van der Waals surface area (Å²) in [5.41, 5.74) is 6.59. The third-order valence-corrected chi connectivity index (χ3v) is 15.9. The Labute approximate surface area is 464 Å². The van der Waals surface area contributed by atoms with Crippen molar-refractivity contribution in [3.8, 4) is 45.1 Å². The summed E-state index contributed by atoms with van der Waals surface area (Å²) in [5, 5.41) is 64.7. The second-order valence-electron chi connectivity index (χ2n) is 19.0. The zero-order valence-corrected chi connectivity index (χ0v) is 44.0. The Hall–Kier alpha value is -8.97. The molecule has 2 fully saturated rings. The van der Waals surface area contributed by atoms with Gasteiger partial charge in [-0.2, -0.15) is 13.1 Å². The Kier molecular flexibility index (Phi) is 15.2. The average Bonchev–Trinajstić information content (AvgIpc) is 3.08. The van der Waals surface area contributed by atoms with Gasteiger partial charge in [-0.15, -0.1) is 0 Å². The molecule has 2 aliphatic heterocycles. The van der Waals surface area contributed by atoms with Crippen LogP contribution in [0.15, 0.2) is 92.1 Å². The number of carbonyl (C=O) groups is 3. The molecule has 0 saturated carbocycles. The molecule has 10 rings (SSSR count). The number of nitrogens with zero attached hydrogens (tertiary/aromatic N) is 8. The standard InChI is InChI=1S/C49H45N13O19S2/c50-43-31-46(53-16-52-43)61(17-54-31)48-41(74)33(66)26(80-48)14-56-82(76,77)12-4-3-7-24(63)23-13-19(8-9-22(23)30-37(70)40(73)38(30)71)45-58-44(51)32-47(59-45)62(18-55-32)49-42(75)34(67)27(81-49)15-57-83(78,79)60-28(65)11-10-25(64)20-5-1-2-6-21(20)29-35(68)39(72)36(29)69/h1-2,4-6,8-9,12-13,16-18,26-27,33-34,41-42,48-49,56-57,66-68,70,74-75H,3,7,10-11,14-15H2,(H,60,65)(H2,50,52,53)(H2,51,58,59)/b12-4+/t26-,27-,33-,34-,41-,42-,48-,49-/m1/s1. The predicted molar refractivity (Wildman–Crippen MR) is 285 cm³/mol. The van der Waals surface area contributed by atoms with Gasteiger partial charge in [0.15, 0.2) is 64.3 Å². The highest BCUT2D eigenvalue weighted by atomic mass is 32.2. The number of ketones is 2. The highest BCUT2D eigenvalue weighted by molar-refractivity contribution is 7.92. The third-order valence-electron chi connectivity index (χ3n) is 13.8. The average molecular weight is 1180 g/mol. The summed E-state index contributed by atoms with van der Waals surface area (Å²) < 4.78 is 72.0. The molecule has 6 heterocycles. The molecule has 0 spiro atoms. The third kappa shape index (κ3) is 10.8. The highest BCUT2D eigenvalue weighted by Crippen LogP contribution is 2.37. The molecule has 2 aliphatic rings. The van der Waals surface area contributed by atoms with Gasteiger partial charge in [-0.25, -0.2) is 47.8 Å². The smallest absolute Gasteiger partial charge is 0.301 e. The molecular formula is C49H45N13O19S2. The molecule has 83 heavy (non-hydrogen) atoms. The number of fused-ring (bicyclic) bond motifs is 2. The lowest BCUT2D eigenvalue weighted by atomic mass is 9.90. The molecule has 34 heteroatoms. The molecular weight excluding hydrogens is 1140 g/mol. The fourth-order valence-corrected chi connectivity index (χ4v) is 11.2. The lowest BCUT2D eigenvalue weighted by molar-refractivity contribution is -0.119. The number of imidazole rings is 2. The van der Waals surface area contributed by atoms with Crippen LogP contribution in [0.25, 0.3) is 56.0 Å². The molecule has 2 saturated heterocycles. The maximum atomic E-state index is 14.0. The van der Waals surface area contributed by atoms with Gasteiger partial charge in [0, 0.05) is 65.6 Å². The molecule has 13 N–H and O–H groups in total. The first kappa shape index (κ1) is 57.3. The van der Waals surface area contributed by atoms with E-state index in [9.17, 15) is 81.0 Å².